The highest BCUT2D eigenvalue weighted by Gasteiger charge is 2.52. The number of hydrogen-bond donors (Lipinski definition) is 2. The topological polar surface area (TPSA) is 104 Å². The standard InChI is InChI=1S/C30H54O2.C8H16O6/c1-6-11-19-26-32-30(24-14-9-4,27-28-20-17-16-18-21-28)29(22-12-7-2,23-13-8-3)31-25-15-10-5;1-7(10)13-5-4-12-6-8(11)14-3-2-9/h16-18,20-21H,6-15,19,22-27H2,1-5H3;8-9,11H,2-6H2,1H3. The third-order valence-corrected chi connectivity index (χ3v) is 8.16. The van der Waals surface area contributed by atoms with Crippen molar-refractivity contribution in [1.29, 1.82) is 0 Å². The van der Waals surface area contributed by atoms with Crippen molar-refractivity contribution in [3.05, 3.63) is 35.9 Å². The molecule has 0 spiro atoms. The molecule has 0 radical (unpaired) electrons. The quantitative estimate of drug-likeness (QED) is 0.0506. The average molecular weight is 655 g/mol. The van der Waals surface area contributed by atoms with Gasteiger partial charge in [-0.3, -0.25) is 4.79 Å². The normalized spacial score (nSPS) is 13.5. The summed E-state index contributed by atoms with van der Waals surface area (Å²) in [4.78, 5) is 10.3. The van der Waals surface area contributed by atoms with Gasteiger partial charge >= 0.3 is 5.97 Å². The smallest absolute Gasteiger partial charge is 0.302 e. The number of hydrogen-bond acceptors (Lipinski definition) is 8. The number of carbonyl (C=O) groups is 1. The van der Waals surface area contributed by atoms with Crippen LogP contribution >= 0.6 is 0 Å². The van der Waals surface area contributed by atoms with Gasteiger partial charge in [0, 0.05) is 26.6 Å². The Balaban J connectivity index is 0.00000121. The van der Waals surface area contributed by atoms with Gasteiger partial charge in [0.15, 0.2) is 6.29 Å². The third kappa shape index (κ3) is 20.0. The Hall–Kier alpha value is -1.55. The molecule has 0 saturated heterocycles. The molecule has 0 aliphatic heterocycles. The molecule has 0 aliphatic rings. The molecule has 8 heteroatoms. The molecule has 2 unspecified atom stereocenters. The van der Waals surface area contributed by atoms with Crippen molar-refractivity contribution < 1.29 is 38.7 Å². The van der Waals surface area contributed by atoms with Crippen LogP contribution in [-0.2, 0) is 34.9 Å². The van der Waals surface area contributed by atoms with Crippen LogP contribution in [0.4, 0.5) is 0 Å². The van der Waals surface area contributed by atoms with Crippen LogP contribution in [0.2, 0.25) is 0 Å². The van der Waals surface area contributed by atoms with Gasteiger partial charge in [0.05, 0.1) is 32.0 Å². The number of ether oxygens (including phenoxy) is 5. The summed E-state index contributed by atoms with van der Waals surface area (Å²) in [7, 11) is 0. The molecule has 0 aromatic heterocycles. The van der Waals surface area contributed by atoms with Crippen LogP contribution in [-0.4, -0.2) is 79.9 Å². The second-order valence-electron chi connectivity index (χ2n) is 12.2. The summed E-state index contributed by atoms with van der Waals surface area (Å²) in [5.41, 5.74) is 0.928. The Morgan fingerprint density at radius 1 is 0.696 bits per heavy atom. The fourth-order valence-electron chi connectivity index (χ4n) is 5.60. The van der Waals surface area contributed by atoms with E-state index in [2.05, 4.69) is 69.7 Å². The van der Waals surface area contributed by atoms with Crippen LogP contribution in [0.25, 0.3) is 0 Å². The molecule has 1 aromatic rings. The zero-order valence-corrected chi connectivity index (χ0v) is 30.4. The van der Waals surface area contributed by atoms with Crippen LogP contribution in [0.1, 0.15) is 137 Å². The van der Waals surface area contributed by atoms with E-state index in [4.69, 9.17) is 29.2 Å². The Bertz CT molecular complexity index is 797. The van der Waals surface area contributed by atoms with Gasteiger partial charge in [-0.05, 0) is 37.7 Å². The maximum Gasteiger partial charge on any atom is 0.302 e. The Morgan fingerprint density at radius 2 is 1.24 bits per heavy atom. The monoisotopic (exact) mass is 655 g/mol. The van der Waals surface area contributed by atoms with Crippen molar-refractivity contribution in [2.75, 3.05) is 46.2 Å². The minimum Gasteiger partial charge on any atom is -0.463 e. The molecule has 0 aliphatic carbocycles. The first-order valence-electron chi connectivity index (χ1n) is 18.2. The van der Waals surface area contributed by atoms with Crippen molar-refractivity contribution >= 4 is 5.97 Å². The molecule has 8 nitrogen and oxygen atoms in total. The summed E-state index contributed by atoms with van der Waals surface area (Å²) in [6.45, 7) is 14.7. The second-order valence-corrected chi connectivity index (χ2v) is 12.2. The molecule has 0 fully saturated rings. The highest BCUT2D eigenvalue weighted by molar-refractivity contribution is 5.65. The van der Waals surface area contributed by atoms with Gasteiger partial charge in [0.1, 0.15) is 12.2 Å². The SMILES string of the molecule is CC(=O)OCCOCC(O)OCCO.CCCCCOC(CCCC)(Cc1ccccc1)C(CCCC)(CCCC)OCCCC. The highest BCUT2D eigenvalue weighted by atomic mass is 16.6. The van der Waals surface area contributed by atoms with E-state index in [-0.39, 0.29) is 50.2 Å². The van der Waals surface area contributed by atoms with Gasteiger partial charge in [0.2, 0.25) is 0 Å². The fraction of sp³-hybridized carbons (Fsp3) is 0.816. The summed E-state index contributed by atoms with van der Waals surface area (Å²) < 4.78 is 28.3. The summed E-state index contributed by atoms with van der Waals surface area (Å²) in [6, 6.07) is 11.0. The minimum absolute atomic E-state index is 0.0126. The zero-order valence-electron chi connectivity index (χ0n) is 30.4. The van der Waals surface area contributed by atoms with E-state index in [1.54, 1.807) is 0 Å². The second kappa shape index (κ2) is 29.6. The molecular weight excluding hydrogens is 584 g/mol. The maximum atomic E-state index is 10.3. The molecule has 0 bridgehead atoms. The number of aliphatic hydroxyl groups excluding tert-OH is 2. The molecule has 1 aromatic carbocycles. The largest absolute Gasteiger partial charge is 0.463 e. The van der Waals surface area contributed by atoms with Gasteiger partial charge in [-0.25, -0.2) is 0 Å². The number of aliphatic hydroxyl groups is 2. The first-order chi connectivity index (χ1) is 22.3. The minimum atomic E-state index is -1.06. The van der Waals surface area contributed by atoms with Crippen LogP contribution in [0, 0.1) is 0 Å². The van der Waals surface area contributed by atoms with E-state index in [1.165, 1.54) is 70.3 Å². The van der Waals surface area contributed by atoms with Gasteiger partial charge in [-0.15, -0.1) is 0 Å². The number of carbonyl (C=O) groups excluding carboxylic acids is 1. The lowest BCUT2D eigenvalue weighted by atomic mass is 9.69. The first-order valence-corrected chi connectivity index (χ1v) is 18.2. The van der Waals surface area contributed by atoms with E-state index in [1.807, 2.05) is 0 Å². The predicted molar refractivity (Wildman–Crippen MR) is 187 cm³/mol. The molecule has 46 heavy (non-hydrogen) atoms. The van der Waals surface area contributed by atoms with Crippen LogP contribution in [0.3, 0.4) is 0 Å². The van der Waals surface area contributed by atoms with Gasteiger partial charge in [-0.1, -0.05) is 123 Å². The van der Waals surface area contributed by atoms with Crippen molar-refractivity contribution in [1.82, 2.24) is 0 Å². The Morgan fingerprint density at radius 3 is 1.78 bits per heavy atom. The van der Waals surface area contributed by atoms with Gasteiger partial charge < -0.3 is 33.9 Å². The molecule has 0 amide bonds. The number of unbranched alkanes of at least 4 members (excludes halogenated alkanes) is 6. The van der Waals surface area contributed by atoms with Crippen molar-refractivity contribution in [2.24, 2.45) is 0 Å². The van der Waals surface area contributed by atoms with E-state index >= 15 is 0 Å². The van der Waals surface area contributed by atoms with E-state index in [0.717, 1.165) is 51.7 Å². The third-order valence-electron chi connectivity index (χ3n) is 8.16. The Kier molecular flexibility index (Phi) is 28.6. The van der Waals surface area contributed by atoms with Crippen molar-refractivity contribution in [2.45, 2.75) is 155 Å². The molecule has 1 rings (SSSR count). The number of benzene rings is 1. The highest BCUT2D eigenvalue weighted by Crippen LogP contribution is 2.45. The van der Waals surface area contributed by atoms with Gasteiger partial charge in [-0.2, -0.15) is 0 Å². The van der Waals surface area contributed by atoms with Crippen LogP contribution in [0.15, 0.2) is 30.3 Å². The van der Waals surface area contributed by atoms with Gasteiger partial charge in [0.25, 0.3) is 0 Å². The molecular formula is C38H70O8. The van der Waals surface area contributed by atoms with E-state index in [0.29, 0.717) is 0 Å². The number of rotatable bonds is 29. The van der Waals surface area contributed by atoms with Crippen molar-refractivity contribution in [3.63, 3.8) is 0 Å². The molecule has 2 N–H and O–H groups in total. The lowest BCUT2D eigenvalue weighted by molar-refractivity contribution is -0.222. The first kappa shape index (κ1) is 44.5. The summed E-state index contributed by atoms with van der Waals surface area (Å²) >= 11 is 0. The Labute approximate surface area is 281 Å². The lowest BCUT2D eigenvalue weighted by Gasteiger charge is -2.51. The molecule has 0 saturated carbocycles. The van der Waals surface area contributed by atoms with E-state index < -0.39 is 6.29 Å². The summed E-state index contributed by atoms with van der Waals surface area (Å²) in [5.74, 6) is -0.370. The van der Waals surface area contributed by atoms with Crippen molar-refractivity contribution in [3.8, 4) is 0 Å². The summed E-state index contributed by atoms with van der Waals surface area (Å²) in [5, 5.41) is 17.4. The lowest BCUT2D eigenvalue weighted by Crippen LogP contribution is -2.59. The predicted octanol–water partition coefficient (Wildman–Crippen LogP) is 8.19. The summed E-state index contributed by atoms with van der Waals surface area (Å²) in [6.07, 6.45) is 16.3. The van der Waals surface area contributed by atoms with Crippen LogP contribution in [0.5, 0.6) is 0 Å². The average Bonchev–Trinajstić information content (AvgIpc) is 3.06. The van der Waals surface area contributed by atoms with Crippen LogP contribution < -0.4 is 0 Å². The van der Waals surface area contributed by atoms with E-state index in [9.17, 15) is 4.79 Å². The number of esters is 1. The molecule has 0 heterocycles. The molecule has 270 valence electrons. The zero-order chi connectivity index (χ0) is 34.4. The molecule has 2 atom stereocenters. The maximum absolute atomic E-state index is 10.3. The fourth-order valence-corrected chi connectivity index (χ4v) is 5.60.